The number of hydrogen-bond acceptors (Lipinski definition) is 3. The van der Waals surface area contributed by atoms with E-state index in [1.54, 1.807) is 12.1 Å². The van der Waals surface area contributed by atoms with Gasteiger partial charge in [-0.15, -0.1) is 0 Å². The summed E-state index contributed by atoms with van der Waals surface area (Å²) in [7, 11) is 0. The molecule has 0 heterocycles. The van der Waals surface area contributed by atoms with E-state index in [0.29, 0.717) is 11.8 Å². The molecule has 21 heavy (non-hydrogen) atoms. The van der Waals surface area contributed by atoms with Gasteiger partial charge in [-0.2, -0.15) is 0 Å². The fourth-order valence-corrected chi connectivity index (χ4v) is 2.91. The van der Waals surface area contributed by atoms with Crippen molar-refractivity contribution in [2.24, 2.45) is 0 Å². The van der Waals surface area contributed by atoms with Crippen LogP contribution in [0.3, 0.4) is 0 Å². The van der Waals surface area contributed by atoms with Gasteiger partial charge in [-0.25, -0.2) is 0 Å². The third-order valence-corrected chi connectivity index (χ3v) is 4.65. The molecule has 0 aliphatic carbocycles. The molecule has 0 aliphatic rings. The SMILES string of the molecule is CC(C)c1ccc(Sc2ccc(C(C)C)cc2O)c(O)c1. The molecular formula is C18H22O2S. The van der Waals surface area contributed by atoms with Gasteiger partial charge < -0.3 is 10.2 Å². The lowest BCUT2D eigenvalue weighted by Gasteiger charge is -2.12. The first kappa shape index (κ1) is 15.8. The van der Waals surface area contributed by atoms with Crippen LogP contribution in [0.4, 0.5) is 0 Å². The van der Waals surface area contributed by atoms with Crippen LogP contribution in [0.15, 0.2) is 46.2 Å². The van der Waals surface area contributed by atoms with Crippen molar-refractivity contribution >= 4 is 11.8 Å². The van der Waals surface area contributed by atoms with E-state index in [1.165, 1.54) is 11.8 Å². The molecule has 3 heteroatoms. The summed E-state index contributed by atoms with van der Waals surface area (Å²) in [6.45, 7) is 8.38. The van der Waals surface area contributed by atoms with E-state index in [-0.39, 0.29) is 11.5 Å². The summed E-state index contributed by atoms with van der Waals surface area (Å²) in [4.78, 5) is 1.51. The zero-order valence-electron chi connectivity index (χ0n) is 12.9. The Hall–Kier alpha value is -1.61. The Bertz CT molecular complexity index is 578. The van der Waals surface area contributed by atoms with Crippen LogP contribution in [-0.2, 0) is 0 Å². The highest BCUT2D eigenvalue weighted by Gasteiger charge is 2.11. The van der Waals surface area contributed by atoms with Crippen LogP contribution in [0.5, 0.6) is 11.5 Å². The number of rotatable bonds is 4. The molecular weight excluding hydrogens is 280 g/mol. The quantitative estimate of drug-likeness (QED) is 0.784. The Morgan fingerprint density at radius 2 is 1.10 bits per heavy atom. The van der Waals surface area contributed by atoms with Crippen LogP contribution in [0, 0.1) is 0 Å². The minimum Gasteiger partial charge on any atom is -0.507 e. The third kappa shape index (κ3) is 3.73. The topological polar surface area (TPSA) is 40.5 Å². The van der Waals surface area contributed by atoms with E-state index >= 15 is 0 Å². The largest absolute Gasteiger partial charge is 0.507 e. The third-order valence-electron chi connectivity index (χ3n) is 3.52. The molecule has 2 aromatic rings. The molecule has 0 radical (unpaired) electrons. The summed E-state index contributed by atoms with van der Waals surface area (Å²) < 4.78 is 0. The van der Waals surface area contributed by atoms with Crippen molar-refractivity contribution in [2.75, 3.05) is 0 Å². The molecule has 2 rings (SSSR count). The fourth-order valence-electron chi connectivity index (χ4n) is 2.08. The Kier molecular flexibility index (Phi) is 4.84. The second kappa shape index (κ2) is 6.44. The number of phenolic OH excluding ortho intramolecular Hbond substituents is 2. The molecule has 0 aromatic heterocycles. The summed E-state index contributed by atoms with van der Waals surface area (Å²) in [6.07, 6.45) is 0. The summed E-state index contributed by atoms with van der Waals surface area (Å²) >= 11 is 1.38. The number of benzene rings is 2. The normalized spacial score (nSPS) is 11.3. The molecule has 0 atom stereocenters. The zero-order chi connectivity index (χ0) is 15.6. The standard InChI is InChI=1S/C18H22O2S/c1-11(2)13-5-7-17(15(19)9-13)21-18-8-6-14(12(3)4)10-16(18)20/h5-12,19-20H,1-4H3. The van der Waals surface area contributed by atoms with Crippen LogP contribution in [0.25, 0.3) is 0 Å². The number of phenols is 2. The van der Waals surface area contributed by atoms with Gasteiger partial charge in [-0.05, 0) is 47.2 Å². The van der Waals surface area contributed by atoms with Gasteiger partial charge in [0.05, 0.1) is 9.79 Å². The van der Waals surface area contributed by atoms with Crippen molar-refractivity contribution in [3.8, 4) is 11.5 Å². The lowest BCUT2D eigenvalue weighted by molar-refractivity contribution is 0.458. The van der Waals surface area contributed by atoms with Gasteiger partial charge in [0.2, 0.25) is 0 Å². The Balaban J connectivity index is 2.26. The highest BCUT2D eigenvalue weighted by atomic mass is 32.2. The second-order valence-corrected chi connectivity index (χ2v) is 6.95. The van der Waals surface area contributed by atoms with Crippen LogP contribution >= 0.6 is 11.8 Å². The first-order valence-electron chi connectivity index (χ1n) is 7.22. The molecule has 2 N–H and O–H groups in total. The number of aromatic hydroxyl groups is 2. The van der Waals surface area contributed by atoms with E-state index in [2.05, 4.69) is 27.7 Å². The first-order valence-corrected chi connectivity index (χ1v) is 8.03. The van der Waals surface area contributed by atoms with Crippen molar-refractivity contribution in [3.05, 3.63) is 47.5 Å². The molecule has 2 nitrogen and oxygen atoms in total. The Morgan fingerprint density at radius 1 is 0.714 bits per heavy atom. The molecule has 0 bridgehead atoms. The predicted octanol–water partition coefficient (Wildman–Crippen LogP) is 5.50. The molecule has 0 spiro atoms. The van der Waals surface area contributed by atoms with Crippen molar-refractivity contribution in [1.29, 1.82) is 0 Å². The second-order valence-electron chi connectivity index (χ2n) is 5.87. The molecule has 0 saturated carbocycles. The summed E-state index contributed by atoms with van der Waals surface area (Å²) in [5, 5.41) is 20.3. The van der Waals surface area contributed by atoms with Crippen LogP contribution in [-0.4, -0.2) is 10.2 Å². The highest BCUT2D eigenvalue weighted by Crippen LogP contribution is 2.40. The molecule has 112 valence electrons. The minimum absolute atomic E-state index is 0.263. The van der Waals surface area contributed by atoms with Crippen LogP contribution in [0.2, 0.25) is 0 Å². The van der Waals surface area contributed by atoms with Gasteiger partial charge in [0, 0.05) is 0 Å². The lowest BCUT2D eigenvalue weighted by atomic mass is 10.0. The Morgan fingerprint density at radius 3 is 1.38 bits per heavy atom. The van der Waals surface area contributed by atoms with Crippen molar-refractivity contribution in [2.45, 2.75) is 49.3 Å². The first-order chi connectivity index (χ1) is 9.88. The average Bonchev–Trinajstić information content (AvgIpc) is 2.42. The van der Waals surface area contributed by atoms with Crippen LogP contribution in [0.1, 0.15) is 50.7 Å². The van der Waals surface area contributed by atoms with E-state index < -0.39 is 0 Å². The van der Waals surface area contributed by atoms with E-state index in [1.807, 2.05) is 24.3 Å². The minimum atomic E-state index is 0.263. The molecule has 0 aliphatic heterocycles. The summed E-state index contributed by atoms with van der Waals surface area (Å²) in [6, 6.07) is 11.5. The van der Waals surface area contributed by atoms with Gasteiger partial charge in [0.15, 0.2) is 0 Å². The maximum atomic E-state index is 10.1. The van der Waals surface area contributed by atoms with Crippen molar-refractivity contribution in [1.82, 2.24) is 0 Å². The number of hydrogen-bond donors (Lipinski definition) is 2. The molecule has 0 unspecified atom stereocenters. The van der Waals surface area contributed by atoms with Gasteiger partial charge in [0.1, 0.15) is 11.5 Å². The summed E-state index contributed by atoms with van der Waals surface area (Å²) in [5.41, 5.74) is 2.22. The van der Waals surface area contributed by atoms with Crippen LogP contribution < -0.4 is 0 Å². The highest BCUT2D eigenvalue weighted by molar-refractivity contribution is 7.99. The fraction of sp³-hybridized carbons (Fsp3) is 0.333. The summed E-state index contributed by atoms with van der Waals surface area (Å²) in [5.74, 6) is 1.29. The van der Waals surface area contributed by atoms with Gasteiger partial charge >= 0.3 is 0 Å². The van der Waals surface area contributed by atoms with E-state index in [4.69, 9.17) is 0 Å². The lowest BCUT2D eigenvalue weighted by Crippen LogP contribution is -1.88. The van der Waals surface area contributed by atoms with Gasteiger partial charge in [-0.3, -0.25) is 0 Å². The van der Waals surface area contributed by atoms with Crippen molar-refractivity contribution in [3.63, 3.8) is 0 Å². The zero-order valence-corrected chi connectivity index (χ0v) is 13.7. The van der Waals surface area contributed by atoms with Gasteiger partial charge in [-0.1, -0.05) is 51.6 Å². The van der Waals surface area contributed by atoms with Gasteiger partial charge in [0.25, 0.3) is 0 Å². The van der Waals surface area contributed by atoms with E-state index in [9.17, 15) is 10.2 Å². The van der Waals surface area contributed by atoms with E-state index in [0.717, 1.165) is 20.9 Å². The molecule has 0 saturated heterocycles. The van der Waals surface area contributed by atoms with Crippen molar-refractivity contribution < 1.29 is 10.2 Å². The Labute approximate surface area is 130 Å². The molecule has 2 aromatic carbocycles. The molecule has 0 fully saturated rings. The molecule has 0 amide bonds. The smallest absolute Gasteiger partial charge is 0.129 e. The monoisotopic (exact) mass is 302 g/mol. The maximum absolute atomic E-state index is 10.1. The predicted molar refractivity (Wildman–Crippen MR) is 88.5 cm³/mol. The maximum Gasteiger partial charge on any atom is 0.129 e. The average molecular weight is 302 g/mol.